The zero-order valence-corrected chi connectivity index (χ0v) is 19.3. The lowest BCUT2D eigenvalue weighted by Crippen LogP contribution is -2.36. The lowest BCUT2D eigenvalue weighted by atomic mass is 10.1. The number of benzene rings is 2. The van der Waals surface area contributed by atoms with Crippen molar-refractivity contribution in [3.8, 4) is 17.6 Å². The third kappa shape index (κ3) is 7.98. The van der Waals surface area contributed by atoms with Crippen LogP contribution in [-0.4, -0.2) is 34.5 Å². The largest absolute Gasteiger partial charge is 0.493 e. The van der Waals surface area contributed by atoms with Crippen LogP contribution in [0.4, 0.5) is 0 Å². The summed E-state index contributed by atoms with van der Waals surface area (Å²) in [6.07, 6.45) is 4.36. The van der Waals surface area contributed by atoms with E-state index < -0.39 is 24.4 Å². The summed E-state index contributed by atoms with van der Waals surface area (Å²) in [5.74, 6) is 5.98. The average molecular weight is 450 g/mol. The Bertz CT molecular complexity index is 1080. The van der Waals surface area contributed by atoms with Crippen LogP contribution >= 0.6 is 0 Å². The van der Waals surface area contributed by atoms with Crippen LogP contribution in [0.2, 0.25) is 0 Å². The van der Waals surface area contributed by atoms with Gasteiger partial charge in [0.05, 0.1) is 9.35 Å². The van der Waals surface area contributed by atoms with E-state index in [-0.39, 0.29) is 12.0 Å². The first-order valence-electron chi connectivity index (χ1n) is 12.6. The molecule has 0 saturated heterocycles. The number of carboxylic acid groups (broad SMARTS) is 1. The summed E-state index contributed by atoms with van der Waals surface area (Å²) in [7, 11) is 0. The van der Waals surface area contributed by atoms with Crippen molar-refractivity contribution in [2.45, 2.75) is 64.9 Å². The normalized spacial score (nSPS) is 14.0. The minimum atomic E-state index is -2.12. The highest BCUT2D eigenvalue weighted by atomic mass is 16.5. The van der Waals surface area contributed by atoms with Crippen LogP contribution in [0.25, 0.3) is 0 Å². The predicted octanol–water partition coefficient (Wildman–Crippen LogP) is 5.52. The van der Waals surface area contributed by atoms with Crippen LogP contribution in [0.3, 0.4) is 0 Å². The number of rotatable bonds is 11. The topological polar surface area (TPSA) is 66.8 Å². The molecule has 1 N–H and O–H groups in total. The Hall–Kier alpha value is -3.26. The molecule has 1 aliphatic rings. The molecule has 0 spiro atoms. The first-order chi connectivity index (χ1) is 16.7. The molecule has 174 valence electrons. The van der Waals surface area contributed by atoms with Crippen LogP contribution in [0.1, 0.15) is 76.6 Å². The fourth-order valence-corrected chi connectivity index (χ4v) is 3.21. The van der Waals surface area contributed by atoms with Gasteiger partial charge >= 0.3 is 5.97 Å². The van der Waals surface area contributed by atoms with Crippen LogP contribution in [-0.2, 0) is 11.3 Å². The molecular weight excluding hydrogens is 414 g/mol. The molecule has 0 unspecified atom stereocenters. The van der Waals surface area contributed by atoms with E-state index in [0.29, 0.717) is 43.1 Å². The molecule has 0 aromatic heterocycles. The smallest absolute Gasteiger partial charge is 0.303 e. The zero-order chi connectivity index (χ0) is 25.4. The molecule has 1 amide bonds. The molecule has 5 nitrogen and oxygen atoms in total. The number of ether oxygens (including phenoxy) is 1. The van der Waals surface area contributed by atoms with Crippen molar-refractivity contribution in [2.75, 3.05) is 6.61 Å². The Kier molecular flexibility index (Phi) is 7.92. The number of carboxylic acids is 1. The second kappa shape index (κ2) is 12.1. The van der Waals surface area contributed by atoms with Crippen molar-refractivity contribution in [1.82, 2.24) is 4.90 Å². The minimum Gasteiger partial charge on any atom is -0.493 e. The number of para-hydroxylation sites is 1. The highest BCUT2D eigenvalue weighted by molar-refractivity contribution is 5.94. The van der Waals surface area contributed by atoms with Gasteiger partial charge in [-0.1, -0.05) is 30.0 Å². The molecule has 2 aromatic rings. The number of amides is 1. The summed E-state index contributed by atoms with van der Waals surface area (Å²) in [4.78, 5) is 25.3. The highest BCUT2D eigenvalue weighted by Crippen LogP contribution is 2.27. The van der Waals surface area contributed by atoms with Gasteiger partial charge in [-0.15, -0.1) is 0 Å². The molecule has 3 rings (SSSR count). The number of hydrogen-bond donors (Lipinski definition) is 1. The number of carbonyl (C=O) groups is 2. The molecular formula is C28H33NO4. The van der Waals surface area contributed by atoms with Crippen molar-refractivity contribution in [3.63, 3.8) is 0 Å². The Morgan fingerprint density at radius 1 is 1.12 bits per heavy atom. The summed E-state index contributed by atoms with van der Waals surface area (Å²) in [6, 6.07) is 13.4. The van der Waals surface area contributed by atoms with E-state index in [0.717, 1.165) is 18.4 Å². The highest BCUT2D eigenvalue weighted by Gasteiger charge is 2.21. The van der Waals surface area contributed by atoms with Gasteiger partial charge in [-0.2, -0.15) is 0 Å². The van der Waals surface area contributed by atoms with Gasteiger partial charge in [0.2, 0.25) is 0 Å². The van der Waals surface area contributed by atoms with Crippen LogP contribution in [0.15, 0.2) is 48.5 Å². The molecule has 2 aromatic carbocycles. The van der Waals surface area contributed by atoms with E-state index in [1.165, 1.54) is 4.90 Å². The van der Waals surface area contributed by atoms with Gasteiger partial charge in [-0.3, -0.25) is 9.59 Å². The van der Waals surface area contributed by atoms with Gasteiger partial charge in [0.1, 0.15) is 5.75 Å². The quantitative estimate of drug-likeness (QED) is 0.362. The van der Waals surface area contributed by atoms with E-state index >= 15 is 0 Å². The molecule has 5 heteroatoms. The summed E-state index contributed by atoms with van der Waals surface area (Å²) in [5.41, 5.74) is 1.52. The Balaban J connectivity index is 1.74. The van der Waals surface area contributed by atoms with Crippen LogP contribution < -0.4 is 4.74 Å². The average Bonchev–Trinajstić information content (AvgIpc) is 3.64. The number of aliphatic carboxylic acids is 1. The van der Waals surface area contributed by atoms with E-state index in [1.807, 2.05) is 0 Å². The molecule has 0 radical (unpaired) electrons. The van der Waals surface area contributed by atoms with Gasteiger partial charge < -0.3 is 14.7 Å². The molecule has 1 fully saturated rings. The zero-order valence-electron chi connectivity index (χ0n) is 21.3. The molecule has 0 atom stereocenters. The van der Waals surface area contributed by atoms with Crippen molar-refractivity contribution in [1.29, 1.82) is 0 Å². The lowest BCUT2D eigenvalue weighted by Gasteiger charge is -2.28. The molecule has 0 heterocycles. The van der Waals surface area contributed by atoms with Crippen molar-refractivity contribution < 1.29 is 22.2 Å². The van der Waals surface area contributed by atoms with Gasteiger partial charge in [0, 0.05) is 41.6 Å². The van der Waals surface area contributed by atoms with E-state index in [4.69, 9.17) is 12.6 Å². The minimum absolute atomic E-state index is 0.124. The molecule has 1 aliphatic carbocycles. The summed E-state index contributed by atoms with van der Waals surface area (Å²) in [5, 5.41) is 8.75. The Labute approximate surface area is 199 Å². The van der Waals surface area contributed by atoms with Crippen molar-refractivity contribution >= 4 is 11.9 Å². The fraction of sp³-hybridized carbons (Fsp3) is 0.429. The maximum absolute atomic E-state index is 13.5. The Morgan fingerprint density at radius 2 is 1.85 bits per heavy atom. The van der Waals surface area contributed by atoms with Crippen LogP contribution in [0.5, 0.6) is 5.75 Å². The van der Waals surface area contributed by atoms with Crippen molar-refractivity contribution in [2.24, 2.45) is 5.92 Å². The second-order valence-corrected chi connectivity index (χ2v) is 8.55. The van der Waals surface area contributed by atoms with Gasteiger partial charge in [-0.25, -0.2) is 0 Å². The maximum Gasteiger partial charge on any atom is 0.303 e. The molecule has 0 aliphatic heterocycles. The number of unbranched alkanes of at least 4 members (excludes halogenated alkanes) is 2. The predicted molar refractivity (Wildman–Crippen MR) is 129 cm³/mol. The fourth-order valence-electron chi connectivity index (χ4n) is 3.21. The third-order valence-electron chi connectivity index (χ3n) is 5.29. The SMILES string of the molecule is [2H]C([2H])(c1ccccc1OCCCCCC(=O)O)N(C(=O)c1ccc(C#CC2CC2)cc1)C(C)C. The summed E-state index contributed by atoms with van der Waals surface area (Å²) < 4.78 is 23.7. The van der Waals surface area contributed by atoms with Crippen LogP contribution in [0, 0.1) is 17.8 Å². The maximum atomic E-state index is 13.5. The molecule has 33 heavy (non-hydrogen) atoms. The van der Waals surface area contributed by atoms with E-state index in [2.05, 4.69) is 11.8 Å². The monoisotopic (exact) mass is 449 g/mol. The first-order valence-corrected chi connectivity index (χ1v) is 11.6. The van der Waals surface area contributed by atoms with E-state index in [1.54, 1.807) is 62.4 Å². The second-order valence-electron chi connectivity index (χ2n) is 8.55. The molecule has 1 saturated carbocycles. The Morgan fingerprint density at radius 3 is 2.52 bits per heavy atom. The number of hydrogen-bond acceptors (Lipinski definition) is 3. The van der Waals surface area contributed by atoms with Crippen molar-refractivity contribution in [3.05, 3.63) is 65.2 Å². The third-order valence-corrected chi connectivity index (χ3v) is 5.29. The van der Waals surface area contributed by atoms with Gasteiger partial charge in [0.15, 0.2) is 0 Å². The summed E-state index contributed by atoms with van der Waals surface area (Å²) in [6.45, 7) is 1.80. The summed E-state index contributed by atoms with van der Waals surface area (Å²) >= 11 is 0. The number of nitrogens with zero attached hydrogens (tertiary/aromatic N) is 1. The van der Waals surface area contributed by atoms with Gasteiger partial charge in [0.25, 0.3) is 5.91 Å². The molecule has 0 bridgehead atoms. The first kappa shape index (κ1) is 21.6. The van der Waals surface area contributed by atoms with Gasteiger partial charge in [-0.05, 0) is 76.3 Å². The number of carbonyl (C=O) groups excluding carboxylic acids is 1. The van der Waals surface area contributed by atoms with E-state index in [9.17, 15) is 9.59 Å². The lowest BCUT2D eigenvalue weighted by molar-refractivity contribution is -0.137. The standard InChI is InChI=1S/C28H33NO4/c1-21(2)29(28(32)24-17-15-23(16-18-24)14-13-22-11-12-22)20-25-8-5-6-9-26(25)33-19-7-3-4-10-27(30)31/h5-6,8-9,15-18,21-22H,3-4,7,10-12,19-20H2,1-2H3,(H,30,31)/i20D2.